The van der Waals surface area contributed by atoms with Gasteiger partial charge in [-0.1, -0.05) is 29.8 Å². The van der Waals surface area contributed by atoms with Crippen molar-refractivity contribution in [2.45, 2.75) is 29.7 Å². The predicted octanol–water partition coefficient (Wildman–Crippen LogP) is 2.21. The molecule has 28 heavy (non-hydrogen) atoms. The highest BCUT2D eigenvalue weighted by atomic mass is 32.2. The van der Waals surface area contributed by atoms with Gasteiger partial charge in [0.2, 0.25) is 0 Å². The maximum absolute atomic E-state index is 13.1. The molecular formula is C19H21N5O3S. The lowest BCUT2D eigenvalue weighted by atomic mass is 9.80. The number of sulfonamides is 1. The Kier molecular flexibility index (Phi) is 3.92. The molecule has 1 saturated carbocycles. The predicted molar refractivity (Wildman–Crippen MR) is 101 cm³/mol. The minimum atomic E-state index is -3.64. The van der Waals surface area contributed by atoms with E-state index in [1.807, 2.05) is 30.3 Å². The Bertz CT molecular complexity index is 1110. The van der Waals surface area contributed by atoms with Crippen molar-refractivity contribution in [2.75, 3.05) is 13.1 Å². The lowest BCUT2D eigenvalue weighted by Crippen LogP contribution is -2.35. The molecule has 0 N–H and O–H groups in total. The van der Waals surface area contributed by atoms with Crippen LogP contribution in [0.3, 0.4) is 0 Å². The molecule has 1 aliphatic carbocycles. The van der Waals surface area contributed by atoms with Crippen LogP contribution >= 0.6 is 0 Å². The van der Waals surface area contributed by atoms with Crippen LogP contribution in [-0.2, 0) is 22.5 Å². The summed E-state index contributed by atoms with van der Waals surface area (Å²) >= 11 is 0. The van der Waals surface area contributed by atoms with Crippen molar-refractivity contribution in [1.29, 1.82) is 0 Å². The van der Waals surface area contributed by atoms with Gasteiger partial charge in [-0.2, -0.15) is 9.29 Å². The summed E-state index contributed by atoms with van der Waals surface area (Å²) in [5, 5.41) is 4.36. The largest absolute Gasteiger partial charge is 0.339 e. The minimum Gasteiger partial charge on any atom is -0.339 e. The van der Waals surface area contributed by atoms with E-state index < -0.39 is 15.4 Å². The average molecular weight is 399 g/mol. The molecule has 9 heteroatoms. The lowest BCUT2D eigenvalue weighted by Gasteiger charge is -2.24. The number of nitrogens with zero attached hydrogens (tertiary/aromatic N) is 5. The van der Waals surface area contributed by atoms with Gasteiger partial charge in [0, 0.05) is 31.9 Å². The summed E-state index contributed by atoms with van der Waals surface area (Å²) in [4.78, 5) is 8.72. The number of hydrogen-bond acceptors (Lipinski definition) is 6. The number of imidazole rings is 1. The van der Waals surface area contributed by atoms with E-state index in [-0.39, 0.29) is 10.9 Å². The van der Waals surface area contributed by atoms with E-state index in [1.165, 1.54) is 16.8 Å². The summed E-state index contributed by atoms with van der Waals surface area (Å²) < 4.78 is 34.8. The molecule has 1 aromatic carbocycles. The standard InChI is InChI=1S/C19H21N5O3S/c1-23-11-16(20-13-23)28(25,26)24-10-15-8-5-9-19(15,12-24)18-21-17(27-22-18)14-6-3-2-4-7-14/h2-4,6-7,11,13,15H,5,8-10,12H2,1H3/t15-,19-/m1/s1. The van der Waals surface area contributed by atoms with Crippen LogP contribution in [0.5, 0.6) is 0 Å². The first-order valence-corrected chi connectivity index (χ1v) is 10.8. The van der Waals surface area contributed by atoms with Gasteiger partial charge in [0.15, 0.2) is 10.9 Å². The van der Waals surface area contributed by atoms with Gasteiger partial charge in [0.1, 0.15) is 0 Å². The van der Waals surface area contributed by atoms with Gasteiger partial charge < -0.3 is 9.09 Å². The quantitative estimate of drug-likeness (QED) is 0.668. The Labute approximate surface area is 163 Å². The van der Waals surface area contributed by atoms with Crippen LogP contribution in [0, 0.1) is 5.92 Å². The zero-order valence-corrected chi connectivity index (χ0v) is 16.3. The van der Waals surface area contributed by atoms with Crippen LogP contribution < -0.4 is 0 Å². The zero-order chi connectivity index (χ0) is 19.4. The molecule has 0 amide bonds. The highest BCUT2D eigenvalue weighted by Gasteiger charge is 2.56. The van der Waals surface area contributed by atoms with E-state index in [9.17, 15) is 8.42 Å². The van der Waals surface area contributed by atoms with Gasteiger partial charge >= 0.3 is 0 Å². The molecule has 5 rings (SSSR count). The van der Waals surface area contributed by atoms with E-state index in [0.717, 1.165) is 24.8 Å². The van der Waals surface area contributed by atoms with E-state index >= 15 is 0 Å². The highest BCUT2D eigenvalue weighted by molar-refractivity contribution is 7.89. The molecule has 1 saturated heterocycles. The number of aromatic nitrogens is 4. The Morgan fingerprint density at radius 1 is 1.25 bits per heavy atom. The molecule has 2 atom stereocenters. The summed E-state index contributed by atoms with van der Waals surface area (Å²) in [7, 11) is -1.88. The first kappa shape index (κ1) is 17.6. The van der Waals surface area contributed by atoms with Gasteiger partial charge in [-0.05, 0) is 30.9 Å². The molecule has 2 fully saturated rings. The van der Waals surface area contributed by atoms with Crippen molar-refractivity contribution in [3.63, 3.8) is 0 Å². The zero-order valence-electron chi connectivity index (χ0n) is 15.5. The van der Waals surface area contributed by atoms with Crippen molar-refractivity contribution < 1.29 is 12.9 Å². The molecule has 2 aliphatic rings. The third-order valence-electron chi connectivity index (χ3n) is 6.02. The fourth-order valence-electron chi connectivity index (χ4n) is 4.57. The van der Waals surface area contributed by atoms with Crippen molar-refractivity contribution in [2.24, 2.45) is 13.0 Å². The Morgan fingerprint density at radius 2 is 2.07 bits per heavy atom. The smallest absolute Gasteiger partial charge is 0.262 e. The average Bonchev–Trinajstić information content (AvgIpc) is 3.44. The Hall–Kier alpha value is -2.52. The monoisotopic (exact) mass is 399 g/mol. The van der Waals surface area contributed by atoms with Crippen molar-refractivity contribution in [3.8, 4) is 11.5 Å². The van der Waals surface area contributed by atoms with Gasteiger partial charge in [0.05, 0.1) is 11.7 Å². The van der Waals surface area contributed by atoms with Gasteiger partial charge in [-0.3, -0.25) is 0 Å². The van der Waals surface area contributed by atoms with Gasteiger partial charge in [-0.15, -0.1) is 0 Å². The number of hydrogen-bond donors (Lipinski definition) is 0. The number of aryl methyl sites for hydroxylation is 1. The molecule has 3 aromatic rings. The van der Waals surface area contributed by atoms with Gasteiger partial charge in [-0.25, -0.2) is 13.4 Å². The van der Waals surface area contributed by atoms with Crippen LogP contribution in [0.25, 0.3) is 11.5 Å². The van der Waals surface area contributed by atoms with Crippen LogP contribution in [0.4, 0.5) is 0 Å². The summed E-state index contributed by atoms with van der Waals surface area (Å²) in [5.41, 5.74) is 0.474. The van der Waals surface area contributed by atoms with Crippen LogP contribution in [0.15, 0.2) is 52.4 Å². The second kappa shape index (κ2) is 6.25. The van der Waals surface area contributed by atoms with Crippen LogP contribution in [-0.4, -0.2) is 45.5 Å². The molecule has 146 valence electrons. The fraction of sp³-hybridized carbons (Fsp3) is 0.421. The lowest BCUT2D eigenvalue weighted by molar-refractivity contribution is 0.340. The molecule has 0 spiro atoms. The maximum atomic E-state index is 13.1. The van der Waals surface area contributed by atoms with E-state index in [0.29, 0.717) is 24.8 Å². The van der Waals surface area contributed by atoms with E-state index in [4.69, 9.17) is 4.52 Å². The molecular weight excluding hydrogens is 378 g/mol. The van der Waals surface area contributed by atoms with E-state index in [2.05, 4.69) is 15.1 Å². The molecule has 0 unspecified atom stereocenters. The number of rotatable bonds is 4. The first-order valence-electron chi connectivity index (χ1n) is 9.37. The summed E-state index contributed by atoms with van der Waals surface area (Å²) in [5.74, 6) is 1.28. The second-order valence-corrected chi connectivity index (χ2v) is 9.59. The summed E-state index contributed by atoms with van der Waals surface area (Å²) in [6.07, 6.45) is 5.91. The maximum Gasteiger partial charge on any atom is 0.262 e. The third kappa shape index (κ3) is 2.61. The topological polar surface area (TPSA) is 94.1 Å². The Balaban J connectivity index is 1.49. The molecule has 1 aliphatic heterocycles. The fourth-order valence-corrected chi connectivity index (χ4v) is 6.09. The summed E-state index contributed by atoms with van der Waals surface area (Å²) in [6.45, 7) is 0.832. The van der Waals surface area contributed by atoms with E-state index in [1.54, 1.807) is 11.6 Å². The highest BCUT2D eigenvalue weighted by Crippen LogP contribution is 2.50. The second-order valence-electron chi connectivity index (χ2n) is 7.71. The molecule has 8 nitrogen and oxygen atoms in total. The molecule has 0 bridgehead atoms. The minimum absolute atomic E-state index is 0.0863. The van der Waals surface area contributed by atoms with Crippen LogP contribution in [0.1, 0.15) is 25.1 Å². The normalized spacial score (nSPS) is 25.2. The Morgan fingerprint density at radius 3 is 2.82 bits per heavy atom. The van der Waals surface area contributed by atoms with Crippen molar-refractivity contribution >= 4 is 10.0 Å². The molecule has 3 heterocycles. The SMILES string of the molecule is Cn1cnc(S(=O)(=O)N2C[C@H]3CCC[C@@]3(c3noc(-c4ccccc4)n3)C2)c1. The molecule has 0 radical (unpaired) electrons. The first-order chi connectivity index (χ1) is 13.5. The van der Waals surface area contributed by atoms with Gasteiger partial charge in [0.25, 0.3) is 15.9 Å². The van der Waals surface area contributed by atoms with Crippen molar-refractivity contribution in [3.05, 3.63) is 48.7 Å². The molecule has 2 aromatic heterocycles. The summed E-state index contributed by atoms with van der Waals surface area (Å²) in [6, 6.07) is 9.63. The third-order valence-corrected chi connectivity index (χ3v) is 7.71. The van der Waals surface area contributed by atoms with Crippen LogP contribution in [0.2, 0.25) is 0 Å². The number of benzene rings is 1. The number of fused-ring (bicyclic) bond motifs is 1. The van der Waals surface area contributed by atoms with Crippen molar-refractivity contribution in [1.82, 2.24) is 24.0 Å².